The molecule has 4 heteroatoms. The lowest BCUT2D eigenvalue weighted by molar-refractivity contribution is 0.0952. The number of carbonyl (C=O) groups excluding carboxylic acids is 1. The fourth-order valence-electron chi connectivity index (χ4n) is 1.41. The molecule has 1 N–H and O–H groups in total. The van der Waals surface area contributed by atoms with Crippen LogP contribution in [0.5, 0.6) is 0 Å². The maximum absolute atomic E-state index is 11.6. The maximum atomic E-state index is 11.6. The van der Waals surface area contributed by atoms with Crippen molar-refractivity contribution < 1.29 is 4.79 Å². The highest BCUT2D eigenvalue weighted by molar-refractivity contribution is 6.29. The minimum atomic E-state index is -0.0696. The van der Waals surface area contributed by atoms with Crippen LogP contribution in [0.2, 0.25) is 5.15 Å². The summed E-state index contributed by atoms with van der Waals surface area (Å²) in [6, 6.07) is 3.30. The van der Waals surface area contributed by atoms with E-state index in [2.05, 4.69) is 10.3 Å². The van der Waals surface area contributed by atoms with E-state index in [1.165, 1.54) is 19.0 Å². The lowest BCUT2D eigenvalue weighted by atomic mass is 10.2. The van der Waals surface area contributed by atoms with E-state index >= 15 is 0 Å². The first-order chi connectivity index (χ1) is 7.25. The Kier molecular flexibility index (Phi) is 3.21. The van der Waals surface area contributed by atoms with Crippen molar-refractivity contribution in [3.63, 3.8) is 0 Å². The molecule has 1 fully saturated rings. The summed E-state index contributed by atoms with van der Waals surface area (Å²) in [5.74, 6) is 0.772. The van der Waals surface area contributed by atoms with Crippen LogP contribution >= 0.6 is 11.6 Å². The number of aromatic nitrogens is 1. The number of nitrogens with zero attached hydrogens (tertiary/aromatic N) is 1. The number of rotatable bonds is 4. The Hall–Kier alpha value is -1.09. The van der Waals surface area contributed by atoms with E-state index in [1.54, 1.807) is 12.1 Å². The standard InChI is InChI=1S/C11H13ClN2O/c12-10-4-3-9(7-14-10)11(15)13-6-5-8-1-2-8/h3-4,7-8H,1-2,5-6H2,(H,13,15). The molecule has 1 aromatic heterocycles. The van der Waals surface area contributed by atoms with Crippen LogP contribution in [-0.4, -0.2) is 17.4 Å². The van der Waals surface area contributed by atoms with Gasteiger partial charge in [-0.15, -0.1) is 0 Å². The highest BCUT2D eigenvalue weighted by Crippen LogP contribution is 2.31. The Morgan fingerprint density at radius 3 is 2.93 bits per heavy atom. The van der Waals surface area contributed by atoms with E-state index < -0.39 is 0 Å². The number of amides is 1. The number of pyridine rings is 1. The molecule has 1 heterocycles. The Bertz CT molecular complexity index is 346. The third kappa shape index (κ3) is 3.20. The van der Waals surface area contributed by atoms with E-state index in [4.69, 9.17) is 11.6 Å². The number of nitrogens with one attached hydrogen (secondary N) is 1. The van der Waals surface area contributed by atoms with E-state index in [9.17, 15) is 4.79 Å². The van der Waals surface area contributed by atoms with Crippen molar-refractivity contribution in [2.45, 2.75) is 19.3 Å². The van der Waals surface area contributed by atoms with Crippen LogP contribution in [0.4, 0.5) is 0 Å². The zero-order valence-electron chi connectivity index (χ0n) is 8.37. The van der Waals surface area contributed by atoms with Gasteiger partial charge in [0.25, 0.3) is 5.91 Å². The second kappa shape index (κ2) is 4.62. The van der Waals surface area contributed by atoms with Gasteiger partial charge in [0, 0.05) is 12.7 Å². The van der Waals surface area contributed by atoms with Gasteiger partial charge in [0.15, 0.2) is 0 Å². The molecule has 0 spiro atoms. The molecular weight excluding hydrogens is 212 g/mol. The van der Waals surface area contributed by atoms with Gasteiger partial charge in [-0.1, -0.05) is 24.4 Å². The van der Waals surface area contributed by atoms with Crippen LogP contribution < -0.4 is 5.32 Å². The van der Waals surface area contributed by atoms with Crippen LogP contribution in [0.15, 0.2) is 18.3 Å². The van der Waals surface area contributed by atoms with Gasteiger partial charge in [0.2, 0.25) is 0 Å². The van der Waals surface area contributed by atoms with Crippen molar-refractivity contribution in [2.24, 2.45) is 5.92 Å². The summed E-state index contributed by atoms with van der Waals surface area (Å²) < 4.78 is 0. The molecule has 0 aromatic carbocycles. The molecule has 1 aromatic rings. The van der Waals surface area contributed by atoms with Gasteiger partial charge in [-0.2, -0.15) is 0 Å². The van der Waals surface area contributed by atoms with E-state index in [0.717, 1.165) is 18.9 Å². The van der Waals surface area contributed by atoms with Gasteiger partial charge < -0.3 is 5.32 Å². The molecule has 1 saturated carbocycles. The minimum Gasteiger partial charge on any atom is -0.352 e. The Morgan fingerprint density at radius 1 is 1.53 bits per heavy atom. The maximum Gasteiger partial charge on any atom is 0.252 e. The molecular formula is C11H13ClN2O. The number of carbonyl (C=O) groups is 1. The molecule has 0 aliphatic heterocycles. The van der Waals surface area contributed by atoms with E-state index in [1.807, 2.05) is 0 Å². The van der Waals surface area contributed by atoms with Crippen LogP contribution in [0.1, 0.15) is 29.6 Å². The van der Waals surface area contributed by atoms with Gasteiger partial charge >= 0.3 is 0 Å². The Balaban J connectivity index is 1.81. The lowest BCUT2D eigenvalue weighted by Gasteiger charge is -2.03. The molecule has 0 bridgehead atoms. The zero-order valence-corrected chi connectivity index (χ0v) is 9.13. The summed E-state index contributed by atoms with van der Waals surface area (Å²) in [6.45, 7) is 0.756. The van der Waals surface area contributed by atoms with Gasteiger partial charge in [0.05, 0.1) is 5.56 Å². The molecule has 1 aliphatic rings. The highest BCUT2D eigenvalue weighted by atomic mass is 35.5. The normalized spacial score (nSPS) is 15.0. The largest absolute Gasteiger partial charge is 0.352 e. The zero-order chi connectivity index (χ0) is 10.7. The van der Waals surface area contributed by atoms with Gasteiger partial charge in [0.1, 0.15) is 5.15 Å². The first kappa shape index (κ1) is 10.4. The Morgan fingerprint density at radius 2 is 2.33 bits per heavy atom. The quantitative estimate of drug-likeness (QED) is 0.798. The minimum absolute atomic E-state index is 0.0696. The molecule has 0 atom stereocenters. The van der Waals surface area contributed by atoms with Crippen molar-refractivity contribution in [3.8, 4) is 0 Å². The van der Waals surface area contributed by atoms with Gasteiger partial charge in [-0.3, -0.25) is 4.79 Å². The summed E-state index contributed by atoms with van der Waals surface area (Å²) in [6.07, 6.45) is 5.22. The molecule has 0 saturated heterocycles. The molecule has 2 rings (SSSR count). The smallest absolute Gasteiger partial charge is 0.252 e. The average Bonchev–Trinajstić information content (AvgIpc) is 3.02. The topological polar surface area (TPSA) is 42.0 Å². The molecule has 1 aliphatic carbocycles. The summed E-state index contributed by atoms with van der Waals surface area (Å²) in [5, 5.41) is 3.27. The second-order valence-electron chi connectivity index (χ2n) is 3.86. The number of hydrogen-bond acceptors (Lipinski definition) is 2. The van der Waals surface area contributed by atoms with Crippen molar-refractivity contribution in [1.82, 2.24) is 10.3 Å². The summed E-state index contributed by atoms with van der Waals surface area (Å²) in [7, 11) is 0. The number of halogens is 1. The predicted molar refractivity (Wildman–Crippen MR) is 58.9 cm³/mol. The van der Waals surface area contributed by atoms with Crippen molar-refractivity contribution in [2.75, 3.05) is 6.54 Å². The van der Waals surface area contributed by atoms with Crippen molar-refractivity contribution >= 4 is 17.5 Å². The summed E-state index contributed by atoms with van der Waals surface area (Å²) in [4.78, 5) is 15.4. The second-order valence-corrected chi connectivity index (χ2v) is 4.24. The monoisotopic (exact) mass is 224 g/mol. The van der Waals surface area contributed by atoms with Crippen LogP contribution in [0, 0.1) is 5.92 Å². The first-order valence-electron chi connectivity index (χ1n) is 5.15. The third-order valence-corrected chi connectivity index (χ3v) is 2.75. The van der Waals surface area contributed by atoms with E-state index in [-0.39, 0.29) is 5.91 Å². The van der Waals surface area contributed by atoms with Crippen molar-refractivity contribution in [1.29, 1.82) is 0 Å². The van der Waals surface area contributed by atoms with E-state index in [0.29, 0.717) is 10.7 Å². The fraction of sp³-hybridized carbons (Fsp3) is 0.455. The molecule has 3 nitrogen and oxygen atoms in total. The first-order valence-corrected chi connectivity index (χ1v) is 5.53. The molecule has 0 unspecified atom stereocenters. The molecule has 80 valence electrons. The lowest BCUT2D eigenvalue weighted by Crippen LogP contribution is -2.24. The Labute approximate surface area is 93.8 Å². The highest BCUT2D eigenvalue weighted by Gasteiger charge is 2.20. The predicted octanol–water partition coefficient (Wildman–Crippen LogP) is 2.26. The SMILES string of the molecule is O=C(NCCC1CC1)c1ccc(Cl)nc1. The van der Waals surface area contributed by atoms with Crippen LogP contribution in [0.25, 0.3) is 0 Å². The summed E-state index contributed by atoms with van der Waals surface area (Å²) >= 11 is 5.63. The van der Waals surface area contributed by atoms with Gasteiger partial charge in [-0.05, 0) is 24.5 Å². The average molecular weight is 225 g/mol. The number of hydrogen-bond donors (Lipinski definition) is 1. The van der Waals surface area contributed by atoms with Gasteiger partial charge in [-0.25, -0.2) is 4.98 Å². The third-order valence-electron chi connectivity index (χ3n) is 2.52. The molecule has 1 amide bonds. The van der Waals surface area contributed by atoms with Crippen molar-refractivity contribution in [3.05, 3.63) is 29.0 Å². The summed E-state index contributed by atoms with van der Waals surface area (Å²) in [5.41, 5.74) is 0.565. The molecule has 0 radical (unpaired) electrons. The van der Waals surface area contributed by atoms with Crippen LogP contribution in [-0.2, 0) is 0 Å². The van der Waals surface area contributed by atoms with Crippen LogP contribution in [0.3, 0.4) is 0 Å². The fourth-order valence-corrected chi connectivity index (χ4v) is 1.52. The molecule has 15 heavy (non-hydrogen) atoms.